The Balaban J connectivity index is 1.75. The molecule has 4 rings (SSSR count). The molecule has 0 N–H and O–H groups in total. The van der Waals surface area contributed by atoms with Gasteiger partial charge in [-0.15, -0.1) is 0 Å². The van der Waals surface area contributed by atoms with Crippen molar-refractivity contribution < 1.29 is 13.2 Å². The second kappa shape index (κ2) is 5.46. The van der Waals surface area contributed by atoms with Gasteiger partial charge in [0.25, 0.3) is 5.78 Å². The van der Waals surface area contributed by atoms with Crippen molar-refractivity contribution in [2.24, 2.45) is 0 Å². The topological polar surface area (TPSA) is 64.1 Å². The third-order valence-electron chi connectivity index (χ3n) is 4.18. The summed E-state index contributed by atoms with van der Waals surface area (Å²) in [6.45, 7) is 1.31. The Kier molecular flexibility index (Phi) is 3.39. The van der Waals surface area contributed by atoms with Gasteiger partial charge in [0.2, 0.25) is 0 Å². The van der Waals surface area contributed by atoms with Gasteiger partial charge in [-0.1, -0.05) is 0 Å². The molecule has 1 fully saturated rings. The maximum Gasteiger partial charge on any atom is 0.433 e. The van der Waals surface area contributed by atoms with E-state index in [2.05, 4.69) is 20.1 Å². The van der Waals surface area contributed by atoms with Crippen LogP contribution < -0.4 is 4.90 Å². The van der Waals surface area contributed by atoms with E-state index in [1.165, 1.54) is 10.8 Å². The largest absolute Gasteiger partial charge is 0.433 e. The zero-order chi connectivity index (χ0) is 16.7. The molecule has 7 nitrogen and oxygen atoms in total. The number of nitrogens with zero attached hydrogens (tertiary/aromatic N) is 7. The average molecular weight is 337 g/mol. The summed E-state index contributed by atoms with van der Waals surface area (Å²) in [5.41, 5.74) is -0.953. The highest BCUT2D eigenvalue weighted by atomic mass is 19.4. The lowest BCUT2D eigenvalue weighted by molar-refractivity contribution is -0.141. The Morgan fingerprint density at radius 2 is 2.17 bits per heavy atom. The first kappa shape index (κ1) is 14.9. The number of alkyl halides is 3. The molecule has 3 aromatic rings. The van der Waals surface area contributed by atoms with Crippen molar-refractivity contribution in [2.45, 2.75) is 31.6 Å². The highest BCUT2D eigenvalue weighted by Gasteiger charge is 2.36. The summed E-state index contributed by atoms with van der Waals surface area (Å²) in [7, 11) is 0. The number of rotatable bonds is 3. The van der Waals surface area contributed by atoms with Gasteiger partial charge in [-0.3, -0.25) is 0 Å². The summed E-state index contributed by atoms with van der Waals surface area (Å²) >= 11 is 0. The predicted molar refractivity (Wildman–Crippen MR) is 78.4 cm³/mol. The van der Waals surface area contributed by atoms with Gasteiger partial charge in [-0.2, -0.15) is 27.8 Å². The van der Waals surface area contributed by atoms with Crippen LogP contribution in [0, 0.1) is 0 Å². The Labute approximate surface area is 134 Å². The third kappa shape index (κ3) is 2.57. The molecule has 0 bridgehead atoms. The van der Waals surface area contributed by atoms with Gasteiger partial charge < -0.3 is 9.47 Å². The van der Waals surface area contributed by atoms with Crippen LogP contribution in [-0.2, 0) is 12.7 Å². The molecule has 1 atom stereocenters. The first-order chi connectivity index (χ1) is 11.5. The van der Waals surface area contributed by atoms with Crippen molar-refractivity contribution >= 4 is 11.6 Å². The first-order valence-electron chi connectivity index (χ1n) is 7.53. The zero-order valence-corrected chi connectivity index (χ0v) is 12.6. The highest BCUT2D eigenvalue weighted by Crippen LogP contribution is 2.33. The van der Waals surface area contributed by atoms with E-state index >= 15 is 0 Å². The Hall–Kier alpha value is -2.65. The molecule has 1 saturated heterocycles. The summed E-state index contributed by atoms with van der Waals surface area (Å²) < 4.78 is 42.7. The minimum atomic E-state index is -4.53. The van der Waals surface area contributed by atoms with Crippen LogP contribution in [0.1, 0.15) is 18.5 Å². The molecule has 4 heterocycles. The van der Waals surface area contributed by atoms with Gasteiger partial charge in [0.1, 0.15) is 12.1 Å². The zero-order valence-electron chi connectivity index (χ0n) is 12.6. The monoisotopic (exact) mass is 337 g/mol. The van der Waals surface area contributed by atoms with Gasteiger partial charge in [0.15, 0.2) is 5.69 Å². The molecule has 126 valence electrons. The van der Waals surface area contributed by atoms with Crippen LogP contribution in [0.2, 0.25) is 0 Å². The SMILES string of the molecule is FC(F)(F)c1cc(N2CCCC2Cn2ccnc2)n2ncnc2n1. The molecule has 0 aliphatic carbocycles. The third-order valence-corrected chi connectivity index (χ3v) is 4.18. The van der Waals surface area contributed by atoms with Crippen molar-refractivity contribution in [1.82, 2.24) is 29.1 Å². The smallest absolute Gasteiger partial charge is 0.352 e. The van der Waals surface area contributed by atoms with E-state index in [0.29, 0.717) is 18.9 Å². The minimum Gasteiger partial charge on any atom is -0.352 e. The van der Waals surface area contributed by atoms with Gasteiger partial charge in [-0.25, -0.2) is 9.97 Å². The maximum absolute atomic E-state index is 13.1. The van der Waals surface area contributed by atoms with Crippen LogP contribution >= 0.6 is 0 Å². The second-order valence-corrected chi connectivity index (χ2v) is 5.72. The molecule has 3 aromatic heterocycles. The van der Waals surface area contributed by atoms with E-state index in [1.807, 2.05) is 15.7 Å². The van der Waals surface area contributed by atoms with E-state index in [4.69, 9.17) is 0 Å². The molecule has 1 unspecified atom stereocenters. The fourth-order valence-electron chi connectivity index (χ4n) is 3.11. The van der Waals surface area contributed by atoms with Gasteiger partial charge >= 0.3 is 6.18 Å². The average Bonchev–Trinajstić information content (AvgIpc) is 3.27. The van der Waals surface area contributed by atoms with Crippen LogP contribution in [0.3, 0.4) is 0 Å². The van der Waals surface area contributed by atoms with E-state index in [1.54, 1.807) is 12.5 Å². The van der Waals surface area contributed by atoms with Crippen molar-refractivity contribution in [3.05, 3.63) is 36.8 Å². The quantitative estimate of drug-likeness (QED) is 0.731. The van der Waals surface area contributed by atoms with E-state index in [-0.39, 0.29) is 11.8 Å². The molecule has 1 aliphatic heterocycles. The Morgan fingerprint density at radius 1 is 1.29 bits per heavy atom. The van der Waals surface area contributed by atoms with E-state index < -0.39 is 11.9 Å². The lowest BCUT2D eigenvalue weighted by atomic mass is 10.2. The fraction of sp³-hybridized carbons (Fsp3) is 0.429. The van der Waals surface area contributed by atoms with Gasteiger partial charge in [-0.05, 0) is 12.8 Å². The highest BCUT2D eigenvalue weighted by molar-refractivity contribution is 5.49. The molecule has 0 aromatic carbocycles. The normalized spacial score (nSPS) is 18.6. The molecule has 0 radical (unpaired) electrons. The van der Waals surface area contributed by atoms with Gasteiger partial charge in [0.05, 0.1) is 6.33 Å². The van der Waals surface area contributed by atoms with Crippen molar-refractivity contribution in [1.29, 1.82) is 0 Å². The fourth-order valence-corrected chi connectivity index (χ4v) is 3.11. The summed E-state index contributed by atoms with van der Waals surface area (Å²) in [5, 5.41) is 4.03. The summed E-state index contributed by atoms with van der Waals surface area (Å²) in [6, 6.07) is 1.11. The van der Waals surface area contributed by atoms with E-state index in [9.17, 15) is 13.2 Å². The number of aromatic nitrogens is 6. The molecule has 0 saturated carbocycles. The summed E-state index contributed by atoms with van der Waals surface area (Å²) in [5.74, 6) is 0.320. The first-order valence-corrected chi connectivity index (χ1v) is 7.53. The molecule has 0 amide bonds. The Bertz CT molecular complexity index is 840. The van der Waals surface area contributed by atoms with Crippen LogP contribution in [0.25, 0.3) is 5.78 Å². The minimum absolute atomic E-state index is 0.0481. The molecule has 0 spiro atoms. The number of hydrogen-bond acceptors (Lipinski definition) is 5. The maximum atomic E-state index is 13.1. The van der Waals surface area contributed by atoms with Crippen LogP contribution in [0.4, 0.5) is 19.0 Å². The van der Waals surface area contributed by atoms with Crippen LogP contribution in [-0.4, -0.2) is 41.7 Å². The molecule has 24 heavy (non-hydrogen) atoms. The number of halogens is 3. The number of hydrogen-bond donors (Lipinski definition) is 0. The number of anilines is 1. The van der Waals surface area contributed by atoms with Crippen LogP contribution in [0.15, 0.2) is 31.1 Å². The number of fused-ring (bicyclic) bond motifs is 1. The Morgan fingerprint density at radius 3 is 2.92 bits per heavy atom. The predicted octanol–water partition coefficient (Wildman–Crippen LogP) is 2.01. The molecular formula is C14H14F3N7. The standard InChI is InChI=1S/C14H14F3N7/c15-14(16,17)11-6-12(24-13(21-11)19-8-20-24)23-4-1-2-10(23)7-22-5-3-18-9-22/h3,5-6,8-10H,1-2,4,7H2. The summed E-state index contributed by atoms with van der Waals surface area (Å²) in [4.78, 5) is 13.3. The lowest BCUT2D eigenvalue weighted by Gasteiger charge is -2.27. The second-order valence-electron chi connectivity index (χ2n) is 5.72. The van der Waals surface area contributed by atoms with Gasteiger partial charge in [0, 0.05) is 37.6 Å². The van der Waals surface area contributed by atoms with Crippen molar-refractivity contribution in [3.8, 4) is 0 Å². The molecule has 10 heteroatoms. The molecular weight excluding hydrogens is 323 g/mol. The van der Waals surface area contributed by atoms with Crippen LogP contribution in [0.5, 0.6) is 0 Å². The van der Waals surface area contributed by atoms with Crippen molar-refractivity contribution in [2.75, 3.05) is 11.4 Å². The number of imidazole rings is 1. The van der Waals surface area contributed by atoms with Crippen molar-refractivity contribution in [3.63, 3.8) is 0 Å². The van der Waals surface area contributed by atoms with E-state index in [0.717, 1.165) is 18.9 Å². The molecule has 1 aliphatic rings. The summed E-state index contributed by atoms with van der Waals surface area (Å²) in [6.07, 6.45) is 3.71. The lowest BCUT2D eigenvalue weighted by Crippen LogP contribution is -2.34.